The molecule has 0 aromatic heterocycles. The molecule has 0 radical (unpaired) electrons. The van der Waals surface area contributed by atoms with Gasteiger partial charge in [0.25, 0.3) is 0 Å². The van der Waals surface area contributed by atoms with E-state index in [9.17, 15) is 29.7 Å². The van der Waals surface area contributed by atoms with E-state index in [1.165, 1.54) is 6.92 Å². The van der Waals surface area contributed by atoms with Crippen molar-refractivity contribution in [2.75, 3.05) is 19.8 Å². The maximum absolute atomic E-state index is 12.2. The van der Waals surface area contributed by atoms with Gasteiger partial charge in [0.1, 0.15) is 6.10 Å². The van der Waals surface area contributed by atoms with Gasteiger partial charge in [0.05, 0.1) is 31.4 Å². The number of amides is 2. The fourth-order valence-corrected chi connectivity index (χ4v) is 2.88. The fraction of sp³-hybridized carbons (Fsp3) is 0.667. The monoisotopic (exact) mass is 461 g/mol. The summed E-state index contributed by atoms with van der Waals surface area (Å²) in [7, 11) is 0. The first kappa shape index (κ1) is 26.9. The highest BCUT2D eigenvalue weighted by molar-refractivity contribution is 5.85. The summed E-state index contributed by atoms with van der Waals surface area (Å²) in [6.07, 6.45) is -4.76. The maximum Gasteiger partial charge on any atom is 0.407 e. The second kappa shape index (κ2) is 12.7. The van der Waals surface area contributed by atoms with Gasteiger partial charge < -0.3 is 51.6 Å². The van der Waals surface area contributed by atoms with Gasteiger partial charge >= 0.3 is 12.1 Å². The van der Waals surface area contributed by atoms with Crippen molar-refractivity contribution in [3.63, 3.8) is 0 Å². The number of carboxylic acids is 1. The molecular weight excluding hydrogens is 430 g/mol. The van der Waals surface area contributed by atoms with Gasteiger partial charge in [-0.2, -0.15) is 0 Å². The number of aliphatic hydroxyl groups excluding tert-OH is 2. The largest absolute Gasteiger partial charge is 0.477 e. The number of ether oxygens (including phenoxy) is 3. The zero-order valence-corrected chi connectivity index (χ0v) is 18.1. The summed E-state index contributed by atoms with van der Waals surface area (Å²) in [5, 5.41) is 34.0. The lowest BCUT2D eigenvalue weighted by molar-refractivity contribution is -0.146. The minimum atomic E-state index is -1.69. The summed E-state index contributed by atoms with van der Waals surface area (Å²) in [6, 6.07) is -2.28. The van der Waals surface area contributed by atoms with Crippen molar-refractivity contribution in [2.45, 2.75) is 57.3 Å². The Balaban J connectivity index is 3.20. The van der Waals surface area contributed by atoms with Crippen molar-refractivity contribution in [3.05, 3.63) is 11.8 Å². The van der Waals surface area contributed by atoms with Gasteiger partial charge in [-0.25, -0.2) is 14.6 Å². The molecule has 32 heavy (non-hydrogen) atoms. The molecule has 14 nitrogen and oxygen atoms in total. The zero-order chi connectivity index (χ0) is 24.4. The smallest absolute Gasteiger partial charge is 0.407 e. The van der Waals surface area contributed by atoms with E-state index < -0.39 is 66.7 Å². The Morgan fingerprint density at radius 3 is 2.47 bits per heavy atom. The number of carboxylic acid groups (broad SMARTS) is 1. The average molecular weight is 461 g/mol. The number of aliphatic hydroxyl groups is 2. The molecule has 5 atom stereocenters. The third-order valence-electron chi connectivity index (χ3n) is 4.14. The Labute approximate surface area is 184 Å². The van der Waals surface area contributed by atoms with Crippen LogP contribution in [0.2, 0.25) is 0 Å². The Hall–Kier alpha value is -3.10. The van der Waals surface area contributed by atoms with Crippen molar-refractivity contribution in [1.82, 2.24) is 10.6 Å². The SMILES string of the molecule is CC(=O)N[C@H]1[C@H]([C@H](OC(=O)NCCOC(C)C)[C@H](O)CO)OC(C(=O)O)=C[C@@H]1N=C(N)N. The molecular formula is C18H31N5O9. The molecule has 0 spiro atoms. The third-order valence-corrected chi connectivity index (χ3v) is 4.14. The quantitative estimate of drug-likeness (QED) is 0.0956. The molecule has 0 aromatic carbocycles. The van der Waals surface area contributed by atoms with Gasteiger partial charge in [0, 0.05) is 13.5 Å². The van der Waals surface area contributed by atoms with Crippen LogP contribution in [0.15, 0.2) is 16.8 Å². The molecule has 0 fully saturated rings. The van der Waals surface area contributed by atoms with E-state index >= 15 is 0 Å². The Morgan fingerprint density at radius 2 is 1.97 bits per heavy atom. The Bertz CT molecular complexity index is 724. The van der Waals surface area contributed by atoms with Gasteiger partial charge in [0.15, 0.2) is 18.2 Å². The van der Waals surface area contributed by atoms with E-state index in [1.54, 1.807) is 0 Å². The van der Waals surface area contributed by atoms with E-state index in [1.807, 2.05) is 13.8 Å². The molecule has 14 heteroatoms. The average Bonchev–Trinajstić information content (AvgIpc) is 2.69. The number of carbonyl (C=O) groups is 3. The van der Waals surface area contributed by atoms with Crippen LogP contribution in [0.25, 0.3) is 0 Å². The van der Waals surface area contributed by atoms with E-state index in [0.29, 0.717) is 0 Å². The fourth-order valence-electron chi connectivity index (χ4n) is 2.88. The first-order valence-electron chi connectivity index (χ1n) is 9.78. The molecule has 0 aromatic rings. The molecule has 1 heterocycles. The van der Waals surface area contributed by atoms with Crippen LogP contribution >= 0.6 is 0 Å². The Kier molecular flexibility index (Phi) is 10.7. The van der Waals surface area contributed by atoms with Crippen LogP contribution in [0, 0.1) is 0 Å². The normalized spacial score (nSPS) is 22.1. The van der Waals surface area contributed by atoms with E-state index in [0.717, 1.165) is 6.08 Å². The molecule has 0 saturated carbocycles. The Morgan fingerprint density at radius 1 is 1.31 bits per heavy atom. The number of aliphatic imine (C=N–C) groups is 1. The second-order valence-corrected chi connectivity index (χ2v) is 7.16. The van der Waals surface area contributed by atoms with Gasteiger partial charge in [-0.05, 0) is 19.9 Å². The third kappa shape index (κ3) is 8.56. The number of rotatable bonds is 11. The van der Waals surface area contributed by atoms with Crippen LogP contribution < -0.4 is 22.1 Å². The highest BCUT2D eigenvalue weighted by atomic mass is 16.6. The van der Waals surface area contributed by atoms with Gasteiger partial charge in [-0.15, -0.1) is 0 Å². The minimum Gasteiger partial charge on any atom is -0.477 e. The molecule has 0 saturated heterocycles. The number of aliphatic carboxylic acids is 1. The lowest BCUT2D eigenvalue weighted by Gasteiger charge is -2.39. The molecule has 1 aliphatic heterocycles. The molecule has 0 bridgehead atoms. The first-order chi connectivity index (χ1) is 15.0. The predicted molar refractivity (Wildman–Crippen MR) is 110 cm³/mol. The number of nitrogens with two attached hydrogens (primary N) is 2. The van der Waals surface area contributed by atoms with E-state index in [-0.39, 0.29) is 19.3 Å². The van der Waals surface area contributed by atoms with Crippen LogP contribution in [0.4, 0.5) is 4.79 Å². The van der Waals surface area contributed by atoms with Crippen molar-refractivity contribution >= 4 is 23.9 Å². The molecule has 1 rings (SSSR count). The molecule has 1 aliphatic rings. The van der Waals surface area contributed by atoms with Crippen molar-refractivity contribution in [1.29, 1.82) is 0 Å². The molecule has 182 valence electrons. The highest BCUT2D eigenvalue weighted by Crippen LogP contribution is 2.26. The van der Waals surface area contributed by atoms with E-state index in [2.05, 4.69) is 15.6 Å². The van der Waals surface area contributed by atoms with Crippen LogP contribution in [0.3, 0.4) is 0 Å². The molecule has 0 unspecified atom stereocenters. The standard InChI is InChI=1S/C18H31N5O9/c1-8(2)30-5-4-21-18(29)32-14(11(26)7-24)15-13(22-9(3)25)10(23-17(19)20)6-12(31-15)16(27)28/h6,8,10-11,13-15,24,26H,4-5,7H2,1-3H3,(H,21,29)(H,22,25)(H,27,28)(H4,19,20,23)/t10-,11+,13+,14+,15+/m0/s1. The zero-order valence-electron chi connectivity index (χ0n) is 18.1. The topological polar surface area (TPSA) is 228 Å². The van der Waals surface area contributed by atoms with Crippen molar-refractivity contribution in [2.24, 2.45) is 16.5 Å². The number of hydrogen-bond donors (Lipinski definition) is 7. The lowest BCUT2D eigenvalue weighted by atomic mass is 9.92. The highest BCUT2D eigenvalue weighted by Gasteiger charge is 2.46. The second-order valence-electron chi connectivity index (χ2n) is 7.16. The summed E-state index contributed by atoms with van der Waals surface area (Å²) in [4.78, 5) is 39.4. The van der Waals surface area contributed by atoms with Crippen LogP contribution in [0.5, 0.6) is 0 Å². The summed E-state index contributed by atoms with van der Waals surface area (Å²) in [5.74, 6) is -3.05. The summed E-state index contributed by atoms with van der Waals surface area (Å²) in [5.41, 5.74) is 10.8. The van der Waals surface area contributed by atoms with Gasteiger partial charge in [-0.1, -0.05) is 0 Å². The summed E-state index contributed by atoms with van der Waals surface area (Å²) < 4.78 is 15.9. The van der Waals surface area contributed by atoms with Crippen LogP contribution in [0.1, 0.15) is 20.8 Å². The van der Waals surface area contributed by atoms with E-state index in [4.69, 9.17) is 25.7 Å². The van der Waals surface area contributed by atoms with Gasteiger partial charge in [-0.3, -0.25) is 4.79 Å². The number of guanidine groups is 1. The number of hydrogen-bond acceptors (Lipinski definition) is 9. The minimum absolute atomic E-state index is 0.0560. The number of alkyl carbamates (subject to hydrolysis) is 1. The van der Waals surface area contributed by atoms with Crippen molar-refractivity contribution < 1.29 is 43.9 Å². The molecule has 0 aliphatic carbocycles. The molecule has 9 N–H and O–H groups in total. The molecule has 2 amide bonds. The van der Waals surface area contributed by atoms with Gasteiger partial charge in [0.2, 0.25) is 11.7 Å². The summed E-state index contributed by atoms with van der Waals surface area (Å²) >= 11 is 0. The number of carbonyl (C=O) groups excluding carboxylic acids is 2. The number of nitrogens with one attached hydrogen (secondary N) is 2. The van der Waals surface area contributed by atoms with Crippen molar-refractivity contribution in [3.8, 4) is 0 Å². The lowest BCUT2D eigenvalue weighted by Crippen LogP contribution is -2.61. The maximum atomic E-state index is 12.2. The van der Waals surface area contributed by atoms with Crippen LogP contribution in [-0.4, -0.2) is 95.5 Å². The van der Waals surface area contributed by atoms with Crippen LogP contribution in [-0.2, 0) is 23.8 Å². The first-order valence-corrected chi connectivity index (χ1v) is 9.78. The summed E-state index contributed by atoms with van der Waals surface area (Å²) in [6.45, 7) is 4.22. The number of nitrogens with zero attached hydrogens (tertiary/aromatic N) is 1. The predicted octanol–water partition coefficient (Wildman–Crippen LogP) is -2.63.